The lowest BCUT2D eigenvalue weighted by Crippen LogP contribution is -2.08. The first-order chi connectivity index (χ1) is 9.13. The fourth-order valence-electron chi connectivity index (χ4n) is 1.61. The summed E-state index contributed by atoms with van der Waals surface area (Å²) in [6.45, 7) is 0. The molecule has 0 N–H and O–H groups in total. The van der Waals surface area contributed by atoms with E-state index in [1.165, 1.54) is 0 Å². The lowest BCUT2D eigenvalue weighted by Gasteiger charge is -2.05. The number of carbonyl (C=O) groups excluding carboxylic acids is 1. The molecule has 0 spiro atoms. The van der Waals surface area contributed by atoms with Gasteiger partial charge < -0.3 is 4.74 Å². The summed E-state index contributed by atoms with van der Waals surface area (Å²) in [5, 5.41) is 1.23. The quantitative estimate of drug-likeness (QED) is 0.612. The number of hydrogen-bond donors (Lipinski definition) is 0. The highest BCUT2D eigenvalue weighted by atomic mass is 35.5. The smallest absolute Gasteiger partial charge is 0.311 e. The molecule has 0 aliphatic rings. The van der Waals surface area contributed by atoms with Gasteiger partial charge in [-0.25, -0.2) is 0 Å². The van der Waals surface area contributed by atoms with Gasteiger partial charge in [0, 0.05) is 16.5 Å². The van der Waals surface area contributed by atoms with Gasteiger partial charge in [-0.3, -0.25) is 4.79 Å². The van der Waals surface area contributed by atoms with Gasteiger partial charge in [0.25, 0.3) is 0 Å². The van der Waals surface area contributed by atoms with Crippen LogP contribution >= 0.6 is 23.2 Å². The fraction of sp³-hybridized carbons (Fsp3) is 0.133. The van der Waals surface area contributed by atoms with Gasteiger partial charge >= 0.3 is 5.97 Å². The van der Waals surface area contributed by atoms with E-state index >= 15 is 0 Å². The predicted molar refractivity (Wildman–Crippen MR) is 76.9 cm³/mol. The van der Waals surface area contributed by atoms with E-state index in [-0.39, 0.29) is 5.97 Å². The summed E-state index contributed by atoms with van der Waals surface area (Å²) >= 11 is 11.6. The third-order valence-corrected chi connectivity index (χ3v) is 3.05. The Bertz CT molecular complexity index is 565. The van der Waals surface area contributed by atoms with Gasteiger partial charge in [0.1, 0.15) is 5.75 Å². The van der Waals surface area contributed by atoms with Crippen LogP contribution in [0.4, 0.5) is 0 Å². The van der Waals surface area contributed by atoms with E-state index in [9.17, 15) is 4.79 Å². The topological polar surface area (TPSA) is 26.3 Å². The van der Waals surface area contributed by atoms with E-state index in [2.05, 4.69) is 0 Å². The first-order valence-electron chi connectivity index (χ1n) is 5.84. The van der Waals surface area contributed by atoms with Gasteiger partial charge in [0.15, 0.2) is 0 Å². The molecule has 0 unspecified atom stereocenters. The molecule has 2 aromatic carbocycles. The number of aryl methyl sites for hydroxylation is 1. The minimum atomic E-state index is -0.280. The van der Waals surface area contributed by atoms with Crippen molar-refractivity contribution in [1.29, 1.82) is 0 Å². The highest BCUT2D eigenvalue weighted by Crippen LogP contribution is 2.18. The summed E-state index contributed by atoms with van der Waals surface area (Å²) in [5.74, 6) is 0.186. The number of carbonyl (C=O) groups is 1. The molecule has 2 rings (SSSR count). The third kappa shape index (κ3) is 4.58. The molecule has 0 fully saturated rings. The Hall–Kier alpha value is -1.51. The molecule has 0 heterocycles. The predicted octanol–water partition coefficient (Wildman–Crippen LogP) is 4.53. The van der Waals surface area contributed by atoms with Crippen LogP contribution in [-0.4, -0.2) is 5.97 Å². The summed E-state index contributed by atoms with van der Waals surface area (Å²) < 4.78 is 5.19. The second-order valence-electron chi connectivity index (χ2n) is 4.06. The zero-order valence-corrected chi connectivity index (χ0v) is 11.6. The average molecular weight is 295 g/mol. The number of esters is 1. The molecule has 0 bridgehead atoms. The van der Waals surface area contributed by atoms with Crippen LogP contribution in [0.25, 0.3) is 0 Å². The molecule has 4 heteroatoms. The Morgan fingerprint density at radius 1 is 1.00 bits per heavy atom. The molecule has 0 aromatic heterocycles. The number of rotatable bonds is 4. The van der Waals surface area contributed by atoms with Crippen LogP contribution in [0, 0.1) is 0 Å². The largest absolute Gasteiger partial charge is 0.426 e. The van der Waals surface area contributed by atoms with Gasteiger partial charge in [-0.1, -0.05) is 41.4 Å². The Labute approximate surface area is 121 Å². The van der Waals surface area contributed by atoms with Crippen LogP contribution in [0.2, 0.25) is 10.0 Å². The maximum Gasteiger partial charge on any atom is 0.311 e. The average Bonchev–Trinajstić information content (AvgIpc) is 2.38. The normalized spacial score (nSPS) is 10.2. The highest BCUT2D eigenvalue weighted by Gasteiger charge is 2.06. The highest BCUT2D eigenvalue weighted by molar-refractivity contribution is 6.30. The minimum Gasteiger partial charge on any atom is -0.426 e. The summed E-state index contributed by atoms with van der Waals surface area (Å²) in [5.41, 5.74) is 1.05. The summed E-state index contributed by atoms with van der Waals surface area (Å²) in [6.07, 6.45) is 0.935. The maximum absolute atomic E-state index is 11.7. The van der Waals surface area contributed by atoms with Crippen LogP contribution in [-0.2, 0) is 11.2 Å². The van der Waals surface area contributed by atoms with E-state index in [1.807, 2.05) is 12.1 Å². The van der Waals surface area contributed by atoms with Crippen LogP contribution in [0.15, 0.2) is 48.5 Å². The molecule has 0 radical (unpaired) electrons. The molecular weight excluding hydrogens is 283 g/mol. The van der Waals surface area contributed by atoms with E-state index in [0.717, 1.165) is 5.56 Å². The van der Waals surface area contributed by atoms with Crippen LogP contribution in [0.1, 0.15) is 12.0 Å². The lowest BCUT2D eigenvalue weighted by atomic mass is 10.1. The molecule has 0 saturated carbocycles. The Morgan fingerprint density at radius 3 is 2.42 bits per heavy atom. The molecule has 2 nitrogen and oxygen atoms in total. The maximum atomic E-state index is 11.7. The summed E-state index contributed by atoms with van der Waals surface area (Å²) in [6, 6.07) is 14.2. The van der Waals surface area contributed by atoms with E-state index in [0.29, 0.717) is 28.6 Å². The molecule has 2 aromatic rings. The van der Waals surface area contributed by atoms with Gasteiger partial charge in [0.2, 0.25) is 0 Å². The van der Waals surface area contributed by atoms with E-state index < -0.39 is 0 Å². The molecule has 0 saturated heterocycles. The van der Waals surface area contributed by atoms with Crippen molar-refractivity contribution in [3.05, 3.63) is 64.1 Å². The lowest BCUT2D eigenvalue weighted by molar-refractivity contribution is -0.134. The number of halogens is 2. The molecule has 0 aliphatic heterocycles. The fourth-order valence-corrected chi connectivity index (χ4v) is 1.92. The zero-order chi connectivity index (χ0) is 13.7. The first-order valence-corrected chi connectivity index (χ1v) is 6.60. The third-order valence-electron chi connectivity index (χ3n) is 2.56. The van der Waals surface area contributed by atoms with Gasteiger partial charge in [0.05, 0.1) is 0 Å². The summed E-state index contributed by atoms with van der Waals surface area (Å²) in [7, 11) is 0. The monoisotopic (exact) mass is 294 g/mol. The van der Waals surface area contributed by atoms with Gasteiger partial charge in [-0.05, 0) is 42.3 Å². The van der Waals surface area contributed by atoms with Crippen molar-refractivity contribution < 1.29 is 9.53 Å². The van der Waals surface area contributed by atoms with E-state index in [4.69, 9.17) is 27.9 Å². The van der Waals surface area contributed by atoms with Crippen molar-refractivity contribution in [3.63, 3.8) is 0 Å². The van der Waals surface area contributed by atoms with Crippen molar-refractivity contribution in [3.8, 4) is 5.75 Å². The van der Waals surface area contributed by atoms with Gasteiger partial charge in [-0.2, -0.15) is 0 Å². The first kappa shape index (κ1) is 13.9. The van der Waals surface area contributed by atoms with Crippen LogP contribution in [0.5, 0.6) is 5.75 Å². The van der Waals surface area contributed by atoms with Crippen molar-refractivity contribution in [2.75, 3.05) is 0 Å². The minimum absolute atomic E-state index is 0.280. The second kappa shape index (κ2) is 6.60. The van der Waals surface area contributed by atoms with Crippen molar-refractivity contribution in [2.24, 2.45) is 0 Å². The molecule has 98 valence electrons. The number of hydrogen-bond acceptors (Lipinski definition) is 2. The van der Waals surface area contributed by atoms with Gasteiger partial charge in [-0.15, -0.1) is 0 Å². The van der Waals surface area contributed by atoms with Crippen molar-refractivity contribution in [2.45, 2.75) is 12.8 Å². The van der Waals surface area contributed by atoms with E-state index in [1.54, 1.807) is 36.4 Å². The molecule has 0 aliphatic carbocycles. The standard InChI is InChI=1S/C15H12Cl2O2/c16-12-7-4-11(5-8-12)6-9-15(18)19-14-3-1-2-13(17)10-14/h1-5,7-8,10H,6,9H2. The number of benzene rings is 2. The molecule has 0 atom stereocenters. The Kier molecular flexibility index (Phi) is 4.83. The van der Waals surface area contributed by atoms with Crippen LogP contribution < -0.4 is 4.74 Å². The zero-order valence-electron chi connectivity index (χ0n) is 10.1. The Morgan fingerprint density at radius 2 is 1.74 bits per heavy atom. The van der Waals surface area contributed by atoms with Crippen molar-refractivity contribution in [1.82, 2.24) is 0 Å². The van der Waals surface area contributed by atoms with Crippen molar-refractivity contribution >= 4 is 29.2 Å². The SMILES string of the molecule is O=C(CCc1ccc(Cl)cc1)Oc1cccc(Cl)c1. The number of ether oxygens (including phenoxy) is 1. The summed E-state index contributed by atoms with van der Waals surface area (Å²) in [4.78, 5) is 11.7. The molecule has 0 amide bonds. The second-order valence-corrected chi connectivity index (χ2v) is 4.93. The molecular formula is C15H12Cl2O2. The molecule has 19 heavy (non-hydrogen) atoms. The van der Waals surface area contributed by atoms with Crippen LogP contribution in [0.3, 0.4) is 0 Å². The Balaban J connectivity index is 1.86.